The number of halogens is 1. The first-order valence-corrected chi connectivity index (χ1v) is 6.53. The quantitative estimate of drug-likeness (QED) is 0.287. The van der Waals surface area contributed by atoms with E-state index in [4.69, 9.17) is 10.5 Å². The number of aliphatic imine (C=N–C) groups is 1. The van der Waals surface area contributed by atoms with Crippen LogP contribution in [0.25, 0.3) is 0 Å². The SMILES string of the molecule is CCCCNC(N)=NCC(O)c1ccc(OC)cc1.I. The monoisotopic (exact) mass is 393 g/mol. The number of rotatable bonds is 7. The lowest BCUT2D eigenvalue weighted by atomic mass is 10.1. The summed E-state index contributed by atoms with van der Waals surface area (Å²) in [6.45, 7) is 3.17. The van der Waals surface area contributed by atoms with Crippen molar-refractivity contribution in [1.29, 1.82) is 0 Å². The molecular formula is C14H24IN3O2. The van der Waals surface area contributed by atoms with Gasteiger partial charge in [0.15, 0.2) is 5.96 Å². The highest BCUT2D eigenvalue weighted by atomic mass is 127. The standard InChI is InChI=1S/C14H23N3O2.HI/c1-3-4-9-16-14(15)17-10-13(18)11-5-7-12(19-2)8-6-11;/h5-8,13,18H,3-4,9-10H2,1-2H3,(H3,15,16,17);1H. The minimum absolute atomic E-state index is 0. The molecule has 0 saturated heterocycles. The Hall–Kier alpha value is -1.02. The zero-order valence-corrected chi connectivity index (χ0v) is 14.3. The molecule has 5 nitrogen and oxygen atoms in total. The smallest absolute Gasteiger partial charge is 0.188 e. The molecule has 0 bridgehead atoms. The van der Waals surface area contributed by atoms with Gasteiger partial charge in [-0.05, 0) is 24.1 Å². The van der Waals surface area contributed by atoms with Crippen LogP contribution in [-0.4, -0.2) is 31.3 Å². The zero-order chi connectivity index (χ0) is 14.1. The Morgan fingerprint density at radius 3 is 2.60 bits per heavy atom. The molecule has 1 aromatic rings. The number of ether oxygens (including phenoxy) is 1. The van der Waals surface area contributed by atoms with Crippen molar-refractivity contribution in [3.8, 4) is 5.75 Å². The third kappa shape index (κ3) is 6.95. The van der Waals surface area contributed by atoms with Gasteiger partial charge in [0.25, 0.3) is 0 Å². The number of aliphatic hydroxyl groups excluding tert-OH is 1. The summed E-state index contributed by atoms with van der Waals surface area (Å²) in [5, 5.41) is 13.0. The van der Waals surface area contributed by atoms with Crippen LogP contribution >= 0.6 is 24.0 Å². The molecule has 1 atom stereocenters. The summed E-state index contributed by atoms with van der Waals surface area (Å²) in [7, 11) is 1.61. The molecule has 0 spiro atoms. The molecule has 0 aromatic heterocycles. The third-order valence-corrected chi connectivity index (χ3v) is 2.77. The van der Waals surface area contributed by atoms with Crippen molar-refractivity contribution in [2.24, 2.45) is 10.7 Å². The van der Waals surface area contributed by atoms with Gasteiger partial charge in [0, 0.05) is 6.54 Å². The third-order valence-electron chi connectivity index (χ3n) is 2.77. The highest BCUT2D eigenvalue weighted by molar-refractivity contribution is 14.0. The van der Waals surface area contributed by atoms with Gasteiger partial charge in [0.1, 0.15) is 5.75 Å². The number of nitrogens with two attached hydrogens (primary N) is 1. The second kappa shape index (κ2) is 10.7. The Labute approximate surface area is 137 Å². The lowest BCUT2D eigenvalue weighted by molar-refractivity contribution is 0.187. The fourth-order valence-electron chi connectivity index (χ4n) is 1.57. The van der Waals surface area contributed by atoms with Crippen molar-refractivity contribution in [1.82, 2.24) is 5.32 Å². The molecule has 1 aromatic carbocycles. The largest absolute Gasteiger partial charge is 0.497 e. The van der Waals surface area contributed by atoms with Crippen molar-refractivity contribution in [2.75, 3.05) is 20.2 Å². The molecule has 0 saturated carbocycles. The summed E-state index contributed by atoms with van der Waals surface area (Å²) in [5.74, 6) is 1.14. The number of guanidine groups is 1. The molecule has 0 aliphatic rings. The molecule has 114 valence electrons. The first-order chi connectivity index (χ1) is 9.17. The first-order valence-electron chi connectivity index (χ1n) is 6.53. The van der Waals surface area contributed by atoms with Crippen molar-refractivity contribution < 1.29 is 9.84 Å². The van der Waals surface area contributed by atoms with Gasteiger partial charge in [-0.3, -0.25) is 4.99 Å². The van der Waals surface area contributed by atoms with E-state index in [0.717, 1.165) is 30.7 Å². The van der Waals surface area contributed by atoms with E-state index in [1.807, 2.05) is 24.3 Å². The maximum atomic E-state index is 9.97. The summed E-state index contributed by atoms with van der Waals surface area (Å²) in [6, 6.07) is 7.26. The molecular weight excluding hydrogens is 369 g/mol. The molecule has 0 amide bonds. The number of hydrogen-bond donors (Lipinski definition) is 3. The first kappa shape index (κ1) is 19.0. The van der Waals surface area contributed by atoms with Crippen LogP contribution < -0.4 is 15.8 Å². The fraction of sp³-hybridized carbons (Fsp3) is 0.500. The molecule has 0 heterocycles. The van der Waals surface area contributed by atoms with Crippen LogP contribution in [0.3, 0.4) is 0 Å². The van der Waals surface area contributed by atoms with E-state index in [1.165, 1.54) is 0 Å². The molecule has 0 fully saturated rings. The molecule has 0 aliphatic carbocycles. The number of benzene rings is 1. The van der Waals surface area contributed by atoms with Crippen LogP contribution in [0.1, 0.15) is 31.4 Å². The van der Waals surface area contributed by atoms with E-state index >= 15 is 0 Å². The topological polar surface area (TPSA) is 79.9 Å². The van der Waals surface area contributed by atoms with E-state index in [0.29, 0.717) is 5.96 Å². The van der Waals surface area contributed by atoms with Gasteiger partial charge in [0.05, 0.1) is 19.8 Å². The van der Waals surface area contributed by atoms with Gasteiger partial charge in [-0.15, -0.1) is 24.0 Å². The summed E-state index contributed by atoms with van der Waals surface area (Å²) in [5.41, 5.74) is 6.49. The van der Waals surface area contributed by atoms with Crippen molar-refractivity contribution in [3.05, 3.63) is 29.8 Å². The van der Waals surface area contributed by atoms with E-state index in [9.17, 15) is 5.11 Å². The average Bonchev–Trinajstić information content (AvgIpc) is 2.45. The highest BCUT2D eigenvalue weighted by Crippen LogP contribution is 2.17. The van der Waals surface area contributed by atoms with Gasteiger partial charge < -0.3 is 20.9 Å². The van der Waals surface area contributed by atoms with Gasteiger partial charge in [0.2, 0.25) is 0 Å². The number of hydrogen-bond acceptors (Lipinski definition) is 3. The van der Waals surface area contributed by atoms with Crippen LogP contribution in [0, 0.1) is 0 Å². The van der Waals surface area contributed by atoms with Crippen molar-refractivity contribution >= 4 is 29.9 Å². The average molecular weight is 393 g/mol. The highest BCUT2D eigenvalue weighted by Gasteiger charge is 2.06. The number of aliphatic hydroxyl groups is 1. The van der Waals surface area contributed by atoms with E-state index in [2.05, 4.69) is 17.2 Å². The molecule has 0 radical (unpaired) electrons. The van der Waals surface area contributed by atoms with Gasteiger partial charge >= 0.3 is 0 Å². The van der Waals surface area contributed by atoms with Crippen LogP contribution in [-0.2, 0) is 0 Å². The summed E-state index contributed by atoms with van der Waals surface area (Å²) >= 11 is 0. The lowest BCUT2D eigenvalue weighted by Crippen LogP contribution is -2.32. The molecule has 0 aliphatic heterocycles. The molecule has 4 N–H and O–H groups in total. The predicted molar refractivity (Wildman–Crippen MR) is 92.8 cm³/mol. The number of nitrogens with one attached hydrogen (secondary N) is 1. The minimum atomic E-state index is -0.655. The Morgan fingerprint density at radius 1 is 1.40 bits per heavy atom. The summed E-state index contributed by atoms with van der Waals surface area (Å²) < 4.78 is 5.06. The van der Waals surface area contributed by atoms with Crippen LogP contribution in [0.2, 0.25) is 0 Å². The maximum absolute atomic E-state index is 9.97. The van der Waals surface area contributed by atoms with E-state index in [1.54, 1.807) is 7.11 Å². The Balaban J connectivity index is 0.00000361. The number of unbranched alkanes of at least 4 members (excludes halogenated alkanes) is 1. The second-order valence-corrected chi connectivity index (χ2v) is 4.30. The maximum Gasteiger partial charge on any atom is 0.188 e. The minimum Gasteiger partial charge on any atom is -0.497 e. The number of methoxy groups -OCH3 is 1. The van der Waals surface area contributed by atoms with Crippen molar-refractivity contribution in [2.45, 2.75) is 25.9 Å². The molecule has 6 heteroatoms. The van der Waals surface area contributed by atoms with Crippen molar-refractivity contribution in [3.63, 3.8) is 0 Å². The Bertz CT molecular complexity index is 396. The lowest BCUT2D eigenvalue weighted by Gasteiger charge is -2.10. The Kier molecular flexibility index (Phi) is 10.2. The number of nitrogens with zero attached hydrogens (tertiary/aromatic N) is 1. The van der Waals surface area contributed by atoms with E-state index < -0.39 is 6.10 Å². The van der Waals surface area contributed by atoms with Gasteiger partial charge in [-0.2, -0.15) is 0 Å². The van der Waals surface area contributed by atoms with Crippen LogP contribution in [0.5, 0.6) is 5.75 Å². The second-order valence-electron chi connectivity index (χ2n) is 4.30. The normalized spacial score (nSPS) is 12.4. The van der Waals surface area contributed by atoms with E-state index in [-0.39, 0.29) is 30.5 Å². The van der Waals surface area contributed by atoms with Gasteiger partial charge in [-0.1, -0.05) is 25.5 Å². The van der Waals surface area contributed by atoms with Crippen LogP contribution in [0.4, 0.5) is 0 Å². The predicted octanol–water partition coefficient (Wildman–Crippen LogP) is 2.05. The zero-order valence-electron chi connectivity index (χ0n) is 12.0. The summed E-state index contributed by atoms with van der Waals surface area (Å²) in [6.07, 6.45) is 1.50. The fourth-order valence-corrected chi connectivity index (χ4v) is 1.57. The molecule has 1 rings (SSSR count). The molecule has 20 heavy (non-hydrogen) atoms. The molecule has 1 unspecified atom stereocenters. The summed E-state index contributed by atoms with van der Waals surface area (Å²) in [4.78, 5) is 4.12. The van der Waals surface area contributed by atoms with Gasteiger partial charge in [-0.25, -0.2) is 0 Å². The Morgan fingerprint density at radius 2 is 2.05 bits per heavy atom. The van der Waals surface area contributed by atoms with Crippen LogP contribution in [0.15, 0.2) is 29.3 Å².